The molecule has 0 bridgehead atoms. The molecule has 0 saturated heterocycles. The first-order chi connectivity index (χ1) is 9.50. The Morgan fingerprint density at radius 2 is 2.20 bits per heavy atom. The van der Waals surface area contributed by atoms with Crippen molar-refractivity contribution in [2.75, 3.05) is 13.2 Å². The minimum Gasteiger partial charge on any atom is -0.396 e. The van der Waals surface area contributed by atoms with Crippen molar-refractivity contribution >= 4 is 5.65 Å². The average Bonchev–Trinajstić information content (AvgIpc) is 2.75. The van der Waals surface area contributed by atoms with Crippen LogP contribution in [0.25, 0.3) is 5.65 Å². The van der Waals surface area contributed by atoms with Crippen LogP contribution in [-0.2, 0) is 6.54 Å². The van der Waals surface area contributed by atoms with Crippen molar-refractivity contribution in [1.29, 1.82) is 0 Å². The van der Waals surface area contributed by atoms with E-state index in [2.05, 4.69) is 29.2 Å². The van der Waals surface area contributed by atoms with Crippen LogP contribution in [0.1, 0.15) is 37.9 Å². The molecule has 2 aromatic rings. The third-order valence-corrected chi connectivity index (χ3v) is 3.43. The van der Waals surface area contributed by atoms with Crippen LogP contribution in [-0.4, -0.2) is 32.9 Å². The van der Waals surface area contributed by atoms with E-state index >= 15 is 0 Å². The Morgan fingerprint density at radius 1 is 1.40 bits per heavy atom. The lowest BCUT2D eigenvalue weighted by molar-refractivity contribution is 0.236. The third-order valence-electron chi connectivity index (χ3n) is 3.43. The molecule has 5 heteroatoms. The highest BCUT2D eigenvalue weighted by Crippen LogP contribution is 2.20. The van der Waals surface area contributed by atoms with E-state index in [0.717, 1.165) is 42.8 Å². The molecule has 20 heavy (non-hydrogen) atoms. The second kappa shape index (κ2) is 6.33. The number of aliphatic hydroxyl groups excluding tert-OH is 1. The number of aromatic nitrogens is 3. The van der Waals surface area contributed by atoms with Crippen LogP contribution >= 0.6 is 0 Å². The summed E-state index contributed by atoms with van der Waals surface area (Å²) < 4.78 is 1.82. The van der Waals surface area contributed by atoms with E-state index in [-0.39, 0.29) is 12.0 Å². The van der Waals surface area contributed by atoms with E-state index in [1.165, 1.54) is 0 Å². The van der Waals surface area contributed by atoms with Crippen molar-refractivity contribution < 1.29 is 5.11 Å². The van der Waals surface area contributed by atoms with Gasteiger partial charge in [0, 0.05) is 43.7 Å². The fourth-order valence-electron chi connectivity index (χ4n) is 2.32. The number of aliphatic hydroxyl groups is 1. The zero-order valence-electron chi connectivity index (χ0n) is 12.6. The van der Waals surface area contributed by atoms with Gasteiger partial charge in [-0.2, -0.15) is 5.10 Å². The zero-order valence-corrected chi connectivity index (χ0v) is 12.6. The Balaban J connectivity index is 1.89. The van der Waals surface area contributed by atoms with Crippen molar-refractivity contribution in [2.24, 2.45) is 5.41 Å². The van der Waals surface area contributed by atoms with Crippen LogP contribution in [0.3, 0.4) is 0 Å². The molecular formula is C15H24N4O. The molecule has 0 amide bonds. The van der Waals surface area contributed by atoms with Crippen molar-refractivity contribution in [2.45, 2.75) is 40.2 Å². The summed E-state index contributed by atoms with van der Waals surface area (Å²) in [6.45, 7) is 8.37. The predicted molar refractivity (Wildman–Crippen MR) is 79.5 cm³/mol. The molecule has 2 N–H and O–H groups in total. The molecule has 0 aliphatic rings. The largest absolute Gasteiger partial charge is 0.396 e. The molecule has 0 saturated carbocycles. The molecule has 0 aliphatic heterocycles. The molecule has 0 atom stereocenters. The van der Waals surface area contributed by atoms with E-state index in [1.54, 1.807) is 0 Å². The number of nitrogens with one attached hydrogen (secondary N) is 1. The third kappa shape index (κ3) is 4.02. The number of rotatable bonds is 7. The summed E-state index contributed by atoms with van der Waals surface area (Å²) in [5, 5.41) is 16.7. The monoisotopic (exact) mass is 276 g/mol. The van der Waals surface area contributed by atoms with Crippen LogP contribution in [0, 0.1) is 12.3 Å². The van der Waals surface area contributed by atoms with Gasteiger partial charge in [-0.3, -0.25) is 0 Å². The van der Waals surface area contributed by atoms with Crippen LogP contribution in [0.2, 0.25) is 0 Å². The van der Waals surface area contributed by atoms with E-state index in [1.807, 2.05) is 29.9 Å². The van der Waals surface area contributed by atoms with Gasteiger partial charge in [0.15, 0.2) is 5.65 Å². The number of fused-ring (bicyclic) bond motifs is 1. The maximum Gasteiger partial charge on any atom is 0.155 e. The molecule has 0 unspecified atom stereocenters. The van der Waals surface area contributed by atoms with Gasteiger partial charge in [0.05, 0.1) is 5.69 Å². The van der Waals surface area contributed by atoms with Gasteiger partial charge in [0.2, 0.25) is 0 Å². The lowest BCUT2D eigenvalue weighted by Gasteiger charge is -2.24. The van der Waals surface area contributed by atoms with Crippen LogP contribution in [0.4, 0.5) is 0 Å². The summed E-state index contributed by atoms with van der Waals surface area (Å²) in [6.07, 6.45) is 5.79. The summed E-state index contributed by atoms with van der Waals surface area (Å²) in [5.74, 6) is 0. The van der Waals surface area contributed by atoms with Gasteiger partial charge in [-0.25, -0.2) is 9.50 Å². The first kappa shape index (κ1) is 14.9. The maximum absolute atomic E-state index is 8.90. The highest BCUT2D eigenvalue weighted by Gasteiger charge is 2.16. The standard InChI is InChI=1S/C15H24N4O/c1-12-7-14-17-9-13(10-19(14)18-12)8-16-11-15(2,3)5-4-6-20/h7,9-10,16,20H,4-6,8,11H2,1-3H3. The SMILES string of the molecule is Cc1cc2ncc(CNCC(C)(C)CCCO)cn2n1. The van der Waals surface area contributed by atoms with Crippen molar-refractivity contribution in [3.05, 3.63) is 29.7 Å². The summed E-state index contributed by atoms with van der Waals surface area (Å²) >= 11 is 0. The average molecular weight is 276 g/mol. The van der Waals surface area contributed by atoms with Gasteiger partial charge in [-0.1, -0.05) is 13.8 Å². The first-order valence-corrected chi connectivity index (χ1v) is 7.13. The van der Waals surface area contributed by atoms with Crippen LogP contribution < -0.4 is 5.32 Å². The molecule has 0 aromatic carbocycles. The van der Waals surface area contributed by atoms with E-state index in [4.69, 9.17) is 5.11 Å². The summed E-state index contributed by atoms with van der Waals surface area (Å²) in [7, 11) is 0. The minimum atomic E-state index is 0.197. The van der Waals surface area contributed by atoms with E-state index < -0.39 is 0 Å². The van der Waals surface area contributed by atoms with E-state index in [0.29, 0.717) is 0 Å². The Hall–Kier alpha value is -1.46. The Bertz CT molecular complexity index is 562. The molecule has 0 aliphatic carbocycles. The van der Waals surface area contributed by atoms with Gasteiger partial charge in [0.1, 0.15) is 0 Å². The zero-order chi connectivity index (χ0) is 14.6. The molecular weight excluding hydrogens is 252 g/mol. The molecule has 110 valence electrons. The summed E-state index contributed by atoms with van der Waals surface area (Å²) in [5.41, 5.74) is 3.18. The van der Waals surface area contributed by atoms with Crippen molar-refractivity contribution in [1.82, 2.24) is 19.9 Å². The molecule has 2 aromatic heterocycles. The second-order valence-corrected chi connectivity index (χ2v) is 6.15. The predicted octanol–water partition coefficient (Wildman–Crippen LogP) is 1.93. The molecule has 2 rings (SSSR count). The lowest BCUT2D eigenvalue weighted by atomic mass is 9.88. The minimum absolute atomic E-state index is 0.197. The quantitative estimate of drug-likeness (QED) is 0.811. The summed E-state index contributed by atoms with van der Waals surface area (Å²) in [6, 6.07) is 1.97. The van der Waals surface area contributed by atoms with Crippen molar-refractivity contribution in [3.63, 3.8) is 0 Å². The number of nitrogens with zero attached hydrogens (tertiary/aromatic N) is 3. The highest BCUT2D eigenvalue weighted by molar-refractivity contribution is 5.38. The van der Waals surface area contributed by atoms with Gasteiger partial charge >= 0.3 is 0 Å². The van der Waals surface area contributed by atoms with Gasteiger partial charge in [0.25, 0.3) is 0 Å². The molecule has 2 heterocycles. The Kier molecular flexibility index (Phi) is 4.73. The smallest absolute Gasteiger partial charge is 0.155 e. The van der Waals surface area contributed by atoms with Crippen LogP contribution in [0.15, 0.2) is 18.5 Å². The van der Waals surface area contributed by atoms with Gasteiger partial charge in [-0.15, -0.1) is 0 Å². The fourth-order valence-corrected chi connectivity index (χ4v) is 2.32. The second-order valence-electron chi connectivity index (χ2n) is 6.15. The summed E-state index contributed by atoms with van der Waals surface area (Å²) in [4.78, 5) is 4.39. The van der Waals surface area contributed by atoms with Crippen LogP contribution in [0.5, 0.6) is 0 Å². The molecule has 5 nitrogen and oxygen atoms in total. The highest BCUT2D eigenvalue weighted by atomic mass is 16.2. The molecule has 0 spiro atoms. The molecule has 0 radical (unpaired) electrons. The number of aryl methyl sites for hydroxylation is 1. The van der Waals surface area contributed by atoms with Gasteiger partial charge in [-0.05, 0) is 25.2 Å². The lowest BCUT2D eigenvalue weighted by Crippen LogP contribution is -2.29. The Labute approximate surface area is 120 Å². The first-order valence-electron chi connectivity index (χ1n) is 7.13. The van der Waals surface area contributed by atoms with Crippen molar-refractivity contribution in [3.8, 4) is 0 Å². The normalized spacial score (nSPS) is 12.2. The number of hydrogen-bond donors (Lipinski definition) is 2. The maximum atomic E-state index is 8.90. The van der Waals surface area contributed by atoms with Gasteiger partial charge < -0.3 is 10.4 Å². The molecule has 0 fully saturated rings. The number of hydrogen-bond acceptors (Lipinski definition) is 4. The Morgan fingerprint density at radius 3 is 2.95 bits per heavy atom. The van der Waals surface area contributed by atoms with E-state index in [9.17, 15) is 0 Å². The topological polar surface area (TPSA) is 62.5 Å². The fraction of sp³-hybridized carbons (Fsp3) is 0.600.